The van der Waals surface area contributed by atoms with Gasteiger partial charge in [0.1, 0.15) is 0 Å². The molecule has 0 N–H and O–H groups in total. The molecule has 8 heteroatoms. The summed E-state index contributed by atoms with van der Waals surface area (Å²) >= 11 is 1.43. The van der Waals surface area contributed by atoms with Crippen LogP contribution < -0.4 is 4.90 Å². The molecule has 0 bridgehead atoms. The number of rotatable bonds is 5. The molecule has 0 atom stereocenters. The molecule has 30 heavy (non-hydrogen) atoms. The van der Waals surface area contributed by atoms with E-state index in [0.29, 0.717) is 5.13 Å². The van der Waals surface area contributed by atoms with Gasteiger partial charge in [-0.05, 0) is 48.7 Å². The predicted octanol–water partition coefficient (Wildman–Crippen LogP) is 5.06. The zero-order chi connectivity index (χ0) is 21.3. The summed E-state index contributed by atoms with van der Waals surface area (Å²) in [6.07, 6.45) is 3.36. The van der Waals surface area contributed by atoms with Crippen molar-refractivity contribution < 1.29 is 9.72 Å². The van der Waals surface area contributed by atoms with Crippen LogP contribution in [0, 0.1) is 24.0 Å². The van der Waals surface area contributed by atoms with Crippen molar-refractivity contribution in [1.82, 2.24) is 9.97 Å². The maximum atomic E-state index is 13.4. The Kier molecular flexibility index (Phi) is 5.24. The van der Waals surface area contributed by atoms with Crippen molar-refractivity contribution in [2.45, 2.75) is 20.4 Å². The highest BCUT2D eigenvalue weighted by atomic mass is 32.1. The van der Waals surface area contributed by atoms with E-state index in [2.05, 4.69) is 11.1 Å². The number of hydrogen-bond acceptors (Lipinski definition) is 6. The van der Waals surface area contributed by atoms with Crippen molar-refractivity contribution >= 4 is 38.3 Å². The first-order valence-electron chi connectivity index (χ1n) is 9.25. The Morgan fingerprint density at radius 1 is 1.17 bits per heavy atom. The van der Waals surface area contributed by atoms with Gasteiger partial charge in [-0.1, -0.05) is 29.5 Å². The quantitative estimate of drug-likeness (QED) is 0.334. The van der Waals surface area contributed by atoms with Crippen LogP contribution in [-0.4, -0.2) is 20.8 Å². The second kappa shape index (κ2) is 8.00. The molecule has 0 unspecified atom stereocenters. The topological polar surface area (TPSA) is 89.2 Å². The Morgan fingerprint density at radius 3 is 2.73 bits per heavy atom. The number of aryl methyl sites for hydroxylation is 2. The van der Waals surface area contributed by atoms with Crippen molar-refractivity contribution in [2.75, 3.05) is 4.90 Å². The first-order chi connectivity index (χ1) is 14.4. The van der Waals surface area contributed by atoms with Crippen molar-refractivity contribution in [2.24, 2.45) is 0 Å². The summed E-state index contributed by atoms with van der Waals surface area (Å²) in [5, 5.41) is 11.7. The molecule has 0 saturated heterocycles. The Morgan fingerprint density at radius 2 is 2.00 bits per heavy atom. The standard InChI is InChI=1S/C22H18N4O3S/c1-14-9-15(2)20-19(10-14)24-22(30-20)25(13-16-5-4-8-23-12-16)21(27)17-6-3-7-18(11-17)26(28)29/h3-12H,13H2,1-2H3. The molecule has 2 aromatic carbocycles. The number of nitrogens with zero attached hydrogens (tertiary/aromatic N) is 4. The fourth-order valence-corrected chi connectivity index (χ4v) is 4.30. The zero-order valence-corrected chi connectivity index (χ0v) is 17.2. The molecule has 0 saturated carbocycles. The second-order valence-electron chi connectivity index (χ2n) is 6.99. The number of hydrogen-bond donors (Lipinski definition) is 0. The van der Waals surface area contributed by atoms with E-state index in [9.17, 15) is 14.9 Å². The number of fused-ring (bicyclic) bond motifs is 1. The highest BCUT2D eigenvalue weighted by Gasteiger charge is 2.23. The first kappa shape index (κ1) is 19.7. The molecule has 0 aliphatic rings. The number of carbonyl (C=O) groups excluding carboxylic acids is 1. The van der Waals surface area contributed by atoms with Gasteiger partial charge < -0.3 is 0 Å². The van der Waals surface area contributed by atoms with Gasteiger partial charge in [-0.3, -0.25) is 24.8 Å². The van der Waals surface area contributed by atoms with Gasteiger partial charge in [0.05, 0.1) is 21.7 Å². The molecule has 4 rings (SSSR count). The number of pyridine rings is 1. The Labute approximate surface area is 176 Å². The van der Waals surface area contributed by atoms with Gasteiger partial charge in [-0.25, -0.2) is 4.98 Å². The summed E-state index contributed by atoms with van der Waals surface area (Å²) in [6.45, 7) is 4.28. The average Bonchev–Trinajstić information content (AvgIpc) is 3.16. The minimum absolute atomic E-state index is 0.127. The normalized spacial score (nSPS) is 10.9. The molecule has 0 aliphatic heterocycles. The molecule has 0 fully saturated rings. The minimum Gasteiger partial charge on any atom is -0.279 e. The highest BCUT2D eigenvalue weighted by molar-refractivity contribution is 7.22. The molecule has 4 aromatic rings. The van der Waals surface area contributed by atoms with Crippen LogP contribution in [0.1, 0.15) is 27.0 Å². The van der Waals surface area contributed by atoms with Gasteiger partial charge in [0.25, 0.3) is 11.6 Å². The third-order valence-corrected chi connectivity index (χ3v) is 5.88. The molecule has 0 aliphatic carbocycles. The molecule has 0 radical (unpaired) electrons. The summed E-state index contributed by atoms with van der Waals surface area (Å²) in [5.41, 5.74) is 3.97. The van der Waals surface area contributed by atoms with Crippen LogP contribution in [0.2, 0.25) is 0 Å². The Bertz CT molecular complexity index is 1250. The molecule has 1 amide bonds. The lowest BCUT2D eigenvalue weighted by atomic mass is 10.1. The second-order valence-corrected chi connectivity index (χ2v) is 7.96. The Balaban J connectivity index is 1.80. The lowest BCUT2D eigenvalue weighted by Crippen LogP contribution is -2.30. The summed E-state index contributed by atoms with van der Waals surface area (Å²) in [4.78, 5) is 34.4. The van der Waals surface area contributed by atoms with Crippen molar-refractivity contribution in [3.63, 3.8) is 0 Å². The van der Waals surface area contributed by atoms with Crippen molar-refractivity contribution in [3.8, 4) is 0 Å². The van der Waals surface area contributed by atoms with Gasteiger partial charge in [0.2, 0.25) is 0 Å². The number of thiazole rings is 1. The number of nitro groups is 1. The van der Waals surface area contributed by atoms with E-state index in [1.54, 1.807) is 29.4 Å². The number of benzene rings is 2. The minimum atomic E-state index is -0.508. The van der Waals surface area contributed by atoms with Crippen LogP contribution in [-0.2, 0) is 6.54 Å². The zero-order valence-electron chi connectivity index (χ0n) is 16.4. The van der Waals surface area contributed by atoms with Crippen LogP contribution in [0.3, 0.4) is 0 Å². The molecule has 150 valence electrons. The van der Waals surface area contributed by atoms with Crippen LogP contribution >= 0.6 is 11.3 Å². The van der Waals surface area contributed by atoms with E-state index in [1.165, 1.54) is 29.5 Å². The molecule has 2 heterocycles. The molecular formula is C22H18N4O3S. The monoisotopic (exact) mass is 418 g/mol. The van der Waals surface area contributed by atoms with E-state index in [0.717, 1.165) is 26.9 Å². The molecule has 2 aromatic heterocycles. The third kappa shape index (κ3) is 3.90. The fraction of sp³-hybridized carbons (Fsp3) is 0.136. The van der Waals surface area contributed by atoms with Crippen LogP contribution in [0.15, 0.2) is 60.9 Å². The predicted molar refractivity (Wildman–Crippen MR) is 117 cm³/mol. The first-order valence-corrected chi connectivity index (χ1v) is 10.1. The molecule has 7 nitrogen and oxygen atoms in total. The third-order valence-electron chi connectivity index (χ3n) is 4.65. The van der Waals surface area contributed by atoms with Crippen molar-refractivity contribution in [3.05, 3.63) is 93.3 Å². The summed E-state index contributed by atoms with van der Waals surface area (Å²) in [5.74, 6) is -0.351. The molecule has 0 spiro atoms. The lowest BCUT2D eigenvalue weighted by molar-refractivity contribution is -0.384. The number of anilines is 1. The number of amides is 1. The average molecular weight is 418 g/mol. The number of non-ortho nitro benzene ring substituents is 1. The molecular weight excluding hydrogens is 400 g/mol. The van der Waals surface area contributed by atoms with E-state index in [4.69, 9.17) is 4.98 Å². The fourth-order valence-electron chi connectivity index (χ4n) is 3.29. The highest BCUT2D eigenvalue weighted by Crippen LogP contribution is 2.33. The van der Waals surface area contributed by atoms with Gasteiger partial charge in [-0.2, -0.15) is 0 Å². The van der Waals surface area contributed by atoms with Gasteiger partial charge in [0, 0.05) is 30.1 Å². The van der Waals surface area contributed by atoms with Crippen molar-refractivity contribution in [1.29, 1.82) is 0 Å². The van der Waals surface area contributed by atoms with Gasteiger partial charge in [0.15, 0.2) is 5.13 Å². The largest absolute Gasteiger partial charge is 0.279 e. The number of nitro benzene ring substituents is 1. The summed E-state index contributed by atoms with van der Waals surface area (Å²) < 4.78 is 1.01. The lowest BCUT2D eigenvalue weighted by Gasteiger charge is -2.20. The maximum absolute atomic E-state index is 13.4. The summed E-state index contributed by atoms with van der Waals surface area (Å²) in [7, 11) is 0. The smallest absolute Gasteiger partial charge is 0.270 e. The van der Waals surface area contributed by atoms with Gasteiger partial charge >= 0.3 is 0 Å². The summed E-state index contributed by atoms with van der Waals surface area (Å²) in [6, 6.07) is 13.5. The van der Waals surface area contributed by atoms with Crippen LogP contribution in [0.5, 0.6) is 0 Å². The van der Waals surface area contributed by atoms with E-state index in [-0.39, 0.29) is 23.7 Å². The van der Waals surface area contributed by atoms with E-state index >= 15 is 0 Å². The van der Waals surface area contributed by atoms with E-state index < -0.39 is 4.92 Å². The van der Waals surface area contributed by atoms with Gasteiger partial charge in [-0.15, -0.1) is 0 Å². The number of carbonyl (C=O) groups is 1. The number of aromatic nitrogens is 2. The maximum Gasteiger partial charge on any atom is 0.270 e. The van der Waals surface area contributed by atoms with Crippen LogP contribution in [0.25, 0.3) is 10.2 Å². The SMILES string of the molecule is Cc1cc(C)c2sc(N(Cc3cccnc3)C(=O)c3cccc([N+](=O)[O-])c3)nc2c1. The Hall–Kier alpha value is -3.65. The van der Waals surface area contributed by atoms with E-state index in [1.807, 2.05) is 26.0 Å². The van der Waals surface area contributed by atoms with Crippen LogP contribution in [0.4, 0.5) is 10.8 Å².